The molecule has 1 amide bonds. The molecule has 5 heteroatoms. The van der Waals surface area contributed by atoms with Crippen molar-refractivity contribution >= 4 is 11.9 Å². The first kappa shape index (κ1) is 16.6. The van der Waals surface area contributed by atoms with E-state index in [-0.39, 0.29) is 29.1 Å². The van der Waals surface area contributed by atoms with Crippen molar-refractivity contribution in [2.45, 2.75) is 46.5 Å². The lowest BCUT2D eigenvalue weighted by Crippen LogP contribution is -2.29. The van der Waals surface area contributed by atoms with E-state index in [4.69, 9.17) is 5.11 Å². The van der Waals surface area contributed by atoms with Crippen LogP contribution in [0.2, 0.25) is 0 Å². The Hall–Kier alpha value is -1.36. The van der Waals surface area contributed by atoms with Crippen LogP contribution in [0, 0.1) is 11.3 Å². The average Bonchev–Trinajstić information content (AvgIpc) is 2.86. The summed E-state index contributed by atoms with van der Waals surface area (Å²) in [5.41, 5.74) is 0.0445. The third-order valence-corrected chi connectivity index (χ3v) is 3.22. The molecule has 0 spiro atoms. The van der Waals surface area contributed by atoms with Crippen molar-refractivity contribution in [3.63, 3.8) is 0 Å². The van der Waals surface area contributed by atoms with E-state index >= 15 is 0 Å². The van der Waals surface area contributed by atoms with Crippen LogP contribution in [0.15, 0.2) is 11.8 Å². The minimum atomic E-state index is -1.06. The van der Waals surface area contributed by atoms with Gasteiger partial charge in [-0.3, -0.25) is 4.79 Å². The summed E-state index contributed by atoms with van der Waals surface area (Å²) in [6.07, 6.45) is 5.06. The maximum absolute atomic E-state index is 11.8. The van der Waals surface area contributed by atoms with Gasteiger partial charge in [0.2, 0.25) is 5.91 Å². The smallest absolute Gasteiger partial charge is 0.352 e. The zero-order valence-corrected chi connectivity index (χ0v) is 11.5. The lowest BCUT2D eigenvalue weighted by Gasteiger charge is -2.07. The molecule has 0 radical (unpaired) electrons. The first-order valence-corrected chi connectivity index (χ1v) is 6.13. The molecule has 0 aromatic heterocycles. The lowest BCUT2D eigenvalue weighted by atomic mass is 10.1. The summed E-state index contributed by atoms with van der Waals surface area (Å²) in [5.74, 6) is -1.27. The molecule has 18 heavy (non-hydrogen) atoms. The summed E-state index contributed by atoms with van der Waals surface area (Å²) in [7, 11) is 0. The minimum absolute atomic E-state index is 0. The second-order valence-electron chi connectivity index (χ2n) is 5.30. The van der Waals surface area contributed by atoms with E-state index < -0.39 is 5.97 Å². The molecule has 1 unspecified atom stereocenters. The molecule has 1 atom stereocenters. The van der Waals surface area contributed by atoms with Gasteiger partial charge in [0.05, 0.1) is 0 Å². The molecule has 0 bridgehead atoms. The van der Waals surface area contributed by atoms with E-state index in [2.05, 4.69) is 5.32 Å². The summed E-state index contributed by atoms with van der Waals surface area (Å²) >= 11 is 0. The Balaban J connectivity index is 0.00000289. The van der Waals surface area contributed by atoms with Crippen LogP contribution in [0.1, 0.15) is 46.5 Å². The molecule has 5 nitrogen and oxygen atoms in total. The fraction of sp³-hybridized carbons (Fsp3) is 0.692. The van der Waals surface area contributed by atoms with Crippen LogP contribution in [-0.2, 0) is 9.59 Å². The number of carbonyl (C=O) groups excluding carboxylic acids is 1. The molecule has 1 aliphatic rings. The monoisotopic (exact) mass is 256 g/mol. The molecule has 1 rings (SSSR count). The maximum Gasteiger partial charge on any atom is 0.352 e. The van der Waals surface area contributed by atoms with Crippen LogP contribution in [-0.4, -0.2) is 17.0 Å². The number of carboxylic acids is 1. The van der Waals surface area contributed by atoms with Gasteiger partial charge in [-0.1, -0.05) is 33.3 Å². The number of rotatable bonds is 6. The molecule has 1 aliphatic carbocycles. The van der Waals surface area contributed by atoms with Gasteiger partial charge in [-0.25, -0.2) is 4.79 Å². The SMILES string of the molecule is CCCCC=C(NC(=O)C1CC1(C)C)C(=O)O.N. The Bertz CT molecular complexity index is 348. The molecule has 0 saturated heterocycles. The van der Waals surface area contributed by atoms with Gasteiger partial charge in [-0.05, 0) is 24.7 Å². The van der Waals surface area contributed by atoms with Crippen molar-refractivity contribution in [3.05, 3.63) is 11.8 Å². The zero-order chi connectivity index (χ0) is 13.1. The summed E-state index contributed by atoms with van der Waals surface area (Å²) in [4.78, 5) is 22.7. The van der Waals surface area contributed by atoms with Gasteiger partial charge < -0.3 is 16.6 Å². The Kier molecular flexibility index (Phi) is 6.05. The predicted octanol–water partition coefficient (Wildman–Crippen LogP) is 2.47. The molecule has 0 aromatic carbocycles. The quantitative estimate of drug-likeness (QED) is 0.502. The highest BCUT2D eigenvalue weighted by atomic mass is 16.4. The zero-order valence-electron chi connectivity index (χ0n) is 11.5. The summed E-state index contributed by atoms with van der Waals surface area (Å²) in [5, 5.41) is 11.5. The topological polar surface area (TPSA) is 101 Å². The van der Waals surface area contributed by atoms with Gasteiger partial charge in [0.1, 0.15) is 5.70 Å². The third kappa shape index (κ3) is 4.49. The van der Waals surface area contributed by atoms with Gasteiger partial charge in [-0.2, -0.15) is 0 Å². The molecule has 0 aliphatic heterocycles. The Morgan fingerprint density at radius 2 is 2.00 bits per heavy atom. The number of hydrogen-bond acceptors (Lipinski definition) is 3. The summed E-state index contributed by atoms with van der Waals surface area (Å²) in [6, 6.07) is 0. The molecule has 104 valence electrons. The van der Waals surface area contributed by atoms with Crippen molar-refractivity contribution in [1.29, 1.82) is 0 Å². The summed E-state index contributed by atoms with van der Waals surface area (Å²) < 4.78 is 0. The van der Waals surface area contributed by atoms with Crippen LogP contribution in [0.5, 0.6) is 0 Å². The van der Waals surface area contributed by atoms with E-state index in [1.54, 1.807) is 6.08 Å². The van der Waals surface area contributed by atoms with Gasteiger partial charge in [0.15, 0.2) is 0 Å². The van der Waals surface area contributed by atoms with Crippen molar-refractivity contribution in [1.82, 2.24) is 11.5 Å². The molecule has 0 aromatic rings. The average molecular weight is 256 g/mol. The normalized spacial score (nSPS) is 20.8. The van der Waals surface area contributed by atoms with Crippen molar-refractivity contribution in [2.24, 2.45) is 11.3 Å². The number of amides is 1. The molecule has 0 heterocycles. The molecule has 1 fully saturated rings. The molecular weight excluding hydrogens is 232 g/mol. The van der Waals surface area contributed by atoms with E-state index in [0.29, 0.717) is 6.42 Å². The molecular formula is C13H24N2O3. The highest BCUT2D eigenvalue weighted by Gasteiger charge is 2.50. The van der Waals surface area contributed by atoms with Crippen molar-refractivity contribution < 1.29 is 14.7 Å². The number of carboxylic acid groups (broad SMARTS) is 1. The maximum atomic E-state index is 11.8. The highest BCUT2D eigenvalue weighted by molar-refractivity contribution is 5.94. The van der Waals surface area contributed by atoms with Crippen LogP contribution in [0.3, 0.4) is 0 Å². The van der Waals surface area contributed by atoms with Crippen molar-refractivity contribution in [2.75, 3.05) is 0 Å². The number of hydrogen-bond donors (Lipinski definition) is 3. The van der Waals surface area contributed by atoms with Crippen LogP contribution < -0.4 is 11.5 Å². The van der Waals surface area contributed by atoms with Gasteiger partial charge >= 0.3 is 5.97 Å². The van der Waals surface area contributed by atoms with Gasteiger partial charge in [-0.15, -0.1) is 0 Å². The number of carbonyl (C=O) groups is 2. The van der Waals surface area contributed by atoms with Crippen LogP contribution in [0.25, 0.3) is 0 Å². The minimum Gasteiger partial charge on any atom is -0.477 e. The van der Waals surface area contributed by atoms with E-state index in [0.717, 1.165) is 19.3 Å². The summed E-state index contributed by atoms with van der Waals surface area (Å²) in [6.45, 7) is 6.07. The fourth-order valence-corrected chi connectivity index (χ4v) is 1.78. The number of allylic oxidation sites excluding steroid dienone is 1. The van der Waals surface area contributed by atoms with Crippen molar-refractivity contribution in [3.8, 4) is 0 Å². The van der Waals surface area contributed by atoms with Gasteiger partial charge in [0, 0.05) is 5.92 Å². The second-order valence-corrected chi connectivity index (χ2v) is 5.30. The first-order chi connectivity index (χ1) is 7.88. The molecule has 1 saturated carbocycles. The fourth-order valence-electron chi connectivity index (χ4n) is 1.78. The Morgan fingerprint density at radius 1 is 1.44 bits per heavy atom. The Morgan fingerprint density at radius 3 is 2.39 bits per heavy atom. The van der Waals surface area contributed by atoms with Crippen LogP contribution in [0.4, 0.5) is 0 Å². The van der Waals surface area contributed by atoms with Crippen LogP contribution >= 0.6 is 0 Å². The third-order valence-electron chi connectivity index (χ3n) is 3.22. The number of aliphatic carboxylic acids is 1. The Labute approximate surface area is 108 Å². The number of nitrogens with one attached hydrogen (secondary N) is 1. The standard InChI is InChI=1S/C13H21NO3.H3N/c1-4-5-6-7-10(12(16)17)14-11(15)9-8-13(9,2)3;/h7,9H,4-6,8H2,1-3H3,(H,14,15)(H,16,17);1H3. The lowest BCUT2D eigenvalue weighted by molar-refractivity contribution is -0.135. The molecule has 5 N–H and O–H groups in total. The number of unbranched alkanes of at least 4 members (excludes halogenated alkanes) is 2. The predicted molar refractivity (Wildman–Crippen MR) is 70.3 cm³/mol. The van der Waals surface area contributed by atoms with Gasteiger partial charge in [0.25, 0.3) is 0 Å². The van der Waals surface area contributed by atoms with E-state index in [1.165, 1.54) is 0 Å². The highest BCUT2D eigenvalue weighted by Crippen LogP contribution is 2.51. The van der Waals surface area contributed by atoms with E-state index in [1.807, 2.05) is 20.8 Å². The van der Waals surface area contributed by atoms with E-state index in [9.17, 15) is 9.59 Å². The second kappa shape index (κ2) is 6.54. The first-order valence-electron chi connectivity index (χ1n) is 6.13. The largest absolute Gasteiger partial charge is 0.477 e.